The Hall–Kier alpha value is -1.60. The van der Waals surface area contributed by atoms with E-state index in [-0.39, 0.29) is 11.5 Å². The Kier molecular flexibility index (Phi) is 4.24. The van der Waals surface area contributed by atoms with Gasteiger partial charge in [0.2, 0.25) is 0 Å². The minimum Gasteiger partial charge on any atom is -0.328 e. The molecule has 1 fully saturated rings. The van der Waals surface area contributed by atoms with E-state index in [9.17, 15) is 9.59 Å². The van der Waals surface area contributed by atoms with Gasteiger partial charge in [-0.3, -0.25) is 9.59 Å². The molecule has 0 bridgehead atoms. The number of fused-ring (bicyclic) bond motifs is 1. The highest BCUT2D eigenvalue weighted by atomic mass is 32.2. The summed E-state index contributed by atoms with van der Waals surface area (Å²) >= 11 is 3.11. The van der Waals surface area contributed by atoms with Gasteiger partial charge in [0.25, 0.3) is 11.5 Å². The van der Waals surface area contributed by atoms with Gasteiger partial charge in [0.1, 0.15) is 4.88 Å². The SMILES string of the molecule is CSc1c2c(n(C)c(=O)c1C)CN(C(=O)c1cnc(CC3CC3)s1)C2. The van der Waals surface area contributed by atoms with Crippen LogP contribution in [0.1, 0.15) is 44.3 Å². The third-order valence-corrected chi connectivity index (χ3v) is 7.07. The fraction of sp³-hybridized carbons (Fsp3) is 0.500. The molecule has 2 aromatic rings. The van der Waals surface area contributed by atoms with E-state index < -0.39 is 0 Å². The highest BCUT2D eigenvalue weighted by molar-refractivity contribution is 7.98. The van der Waals surface area contributed by atoms with Crippen LogP contribution in [0.3, 0.4) is 0 Å². The zero-order chi connectivity index (χ0) is 17.7. The Labute approximate surface area is 155 Å². The Morgan fingerprint density at radius 3 is 2.84 bits per heavy atom. The molecule has 1 aliphatic carbocycles. The number of rotatable bonds is 4. The van der Waals surface area contributed by atoms with Crippen LogP contribution in [-0.4, -0.2) is 26.6 Å². The molecule has 1 saturated carbocycles. The van der Waals surface area contributed by atoms with Crippen LogP contribution in [0.25, 0.3) is 0 Å². The van der Waals surface area contributed by atoms with Gasteiger partial charge in [0, 0.05) is 41.7 Å². The zero-order valence-corrected chi connectivity index (χ0v) is 16.3. The monoisotopic (exact) mass is 375 g/mol. The quantitative estimate of drug-likeness (QED) is 0.771. The summed E-state index contributed by atoms with van der Waals surface area (Å²) < 4.78 is 1.70. The van der Waals surface area contributed by atoms with Gasteiger partial charge in [0.15, 0.2) is 0 Å². The van der Waals surface area contributed by atoms with Crippen LogP contribution < -0.4 is 5.56 Å². The van der Waals surface area contributed by atoms with E-state index in [1.165, 1.54) is 24.2 Å². The average Bonchev–Trinajstić information content (AvgIpc) is 3.11. The highest BCUT2D eigenvalue weighted by Gasteiger charge is 2.31. The van der Waals surface area contributed by atoms with Crippen molar-refractivity contribution in [1.29, 1.82) is 0 Å². The van der Waals surface area contributed by atoms with Gasteiger partial charge in [-0.2, -0.15) is 0 Å². The third kappa shape index (κ3) is 2.93. The third-order valence-electron chi connectivity index (χ3n) is 5.10. The van der Waals surface area contributed by atoms with Crippen molar-refractivity contribution >= 4 is 29.0 Å². The molecule has 2 aromatic heterocycles. The minimum absolute atomic E-state index is 0.0212. The molecule has 3 heterocycles. The number of aromatic nitrogens is 2. The smallest absolute Gasteiger partial charge is 0.266 e. The molecule has 2 aliphatic rings. The second kappa shape index (κ2) is 6.29. The van der Waals surface area contributed by atoms with Gasteiger partial charge in [-0.1, -0.05) is 0 Å². The topological polar surface area (TPSA) is 55.2 Å². The molecule has 1 amide bonds. The van der Waals surface area contributed by atoms with Gasteiger partial charge in [-0.05, 0) is 31.9 Å². The van der Waals surface area contributed by atoms with Crippen LogP contribution in [0.5, 0.6) is 0 Å². The van der Waals surface area contributed by atoms with Crippen LogP contribution >= 0.6 is 23.1 Å². The molecule has 0 N–H and O–H groups in total. The zero-order valence-electron chi connectivity index (χ0n) is 14.7. The first-order valence-corrected chi connectivity index (χ1v) is 10.5. The van der Waals surface area contributed by atoms with E-state index in [0.29, 0.717) is 18.0 Å². The molecule has 0 saturated heterocycles. The second-order valence-corrected chi connectivity index (χ2v) is 8.81. The van der Waals surface area contributed by atoms with E-state index >= 15 is 0 Å². The molecule has 0 spiro atoms. The Bertz CT molecular complexity index is 912. The first-order chi connectivity index (χ1) is 12.0. The van der Waals surface area contributed by atoms with Crippen molar-refractivity contribution in [2.24, 2.45) is 13.0 Å². The van der Waals surface area contributed by atoms with E-state index in [2.05, 4.69) is 4.98 Å². The normalized spacial score (nSPS) is 16.4. The molecular formula is C18H21N3O2S2. The number of hydrogen-bond acceptors (Lipinski definition) is 5. The second-order valence-electron chi connectivity index (χ2n) is 6.87. The van der Waals surface area contributed by atoms with Crippen LogP contribution in [-0.2, 0) is 26.6 Å². The van der Waals surface area contributed by atoms with Crippen molar-refractivity contribution in [3.05, 3.63) is 43.3 Å². The number of thiazole rings is 1. The number of carbonyl (C=O) groups is 1. The summed E-state index contributed by atoms with van der Waals surface area (Å²) in [6.45, 7) is 2.92. The Morgan fingerprint density at radius 2 is 2.16 bits per heavy atom. The predicted octanol–water partition coefficient (Wildman–Crippen LogP) is 2.98. The van der Waals surface area contributed by atoms with Crippen molar-refractivity contribution in [2.45, 2.75) is 44.2 Å². The van der Waals surface area contributed by atoms with Gasteiger partial charge < -0.3 is 9.47 Å². The number of amides is 1. The number of pyridine rings is 1. The summed E-state index contributed by atoms with van der Waals surface area (Å²) in [5.41, 5.74) is 2.87. The fourth-order valence-corrected chi connectivity index (χ4v) is 5.29. The predicted molar refractivity (Wildman–Crippen MR) is 100 cm³/mol. The van der Waals surface area contributed by atoms with Crippen LogP contribution in [0.4, 0.5) is 0 Å². The molecule has 0 atom stereocenters. The lowest BCUT2D eigenvalue weighted by atomic mass is 10.1. The first-order valence-electron chi connectivity index (χ1n) is 8.49. The van der Waals surface area contributed by atoms with E-state index in [1.54, 1.807) is 29.6 Å². The molecule has 4 rings (SSSR count). The minimum atomic E-state index is 0.0212. The lowest BCUT2D eigenvalue weighted by Gasteiger charge is -2.13. The molecule has 132 valence electrons. The first kappa shape index (κ1) is 16.8. The molecule has 1 aliphatic heterocycles. The number of nitrogens with zero attached hydrogens (tertiary/aromatic N) is 3. The summed E-state index contributed by atoms with van der Waals surface area (Å²) in [5.74, 6) is 0.791. The van der Waals surface area contributed by atoms with Crippen LogP contribution in [0, 0.1) is 12.8 Å². The lowest BCUT2D eigenvalue weighted by Crippen LogP contribution is -2.26. The maximum atomic E-state index is 12.9. The number of thioether (sulfide) groups is 1. The summed E-state index contributed by atoms with van der Waals surface area (Å²) in [6, 6.07) is 0. The maximum Gasteiger partial charge on any atom is 0.266 e. The van der Waals surface area contributed by atoms with E-state index in [1.807, 2.05) is 18.1 Å². The Morgan fingerprint density at radius 1 is 1.40 bits per heavy atom. The fourth-order valence-electron chi connectivity index (χ4n) is 3.47. The van der Waals surface area contributed by atoms with Crippen LogP contribution in [0.15, 0.2) is 15.9 Å². The van der Waals surface area contributed by atoms with E-state index in [0.717, 1.165) is 39.1 Å². The number of carbonyl (C=O) groups excluding carboxylic acids is 1. The molecule has 25 heavy (non-hydrogen) atoms. The molecule has 0 aromatic carbocycles. The van der Waals surface area contributed by atoms with Crippen molar-refractivity contribution in [1.82, 2.24) is 14.5 Å². The van der Waals surface area contributed by atoms with Crippen LogP contribution in [0.2, 0.25) is 0 Å². The molecule has 0 unspecified atom stereocenters. The highest BCUT2D eigenvalue weighted by Crippen LogP contribution is 2.35. The molecule has 5 nitrogen and oxygen atoms in total. The van der Waals surface area contributed by atoms with E-state index in [4.69, 9.17) is 0 Å². The number of hydrogen-bond donors (Lipinski definition) is 0. The van der Waals surface area contributed by atoms with Gasteiger partial charge >= 0.3 is 0 Å². The summed E-state index contributed by atoms with van der Waals surface area (Å²) in [7, 11) is 1.80. The van der Waals surface area contributed by atoms with Gasteiger partial charge in [0.05, 0.1) is 17.7 Å². The Balaban J connectivity index is 1.60. The van der Waals surface area contributed by atoms with Crippen molar-refractivity contribution in [2.75, 3.05) is 6.26 Å². The molecular weight excluding hydrogens is 354 g/mol. The summed E-state index contributed by atoms with van der Waals surface area (Å²) in [5, 5.41) is 1.07. The average molecular weight is 376 g/mol. The largest absolute Gasteiger partial charge is 0.328 e. The summed E-state index contributed by atoms with van der Waals surface area (Å²) in [4.78, 5) is 33.3. The molecule has 7 heteroatoms. The van der Waals surface area contributed by atoms with Gasteiger partial charge in [-0.25, -0.2) is 4.98 Å². The standard InChI is InChI=1S/C18H21N3O2S2/c1-10-16(24-3)12-8-21(9-13(12)20(2)17(10)22)18(23)14-7-19-15(25-14)6-11-4-5-11/h7,11H,4-6,8-9H2,1-3H3. The van der Waals surface area contributed by atoms with Crippen molar-refractivity contribution < 1.29 is 4.79 Å². The lowest BCUT2D eigenvalue weighted by molar-refractivity contribution is 0.0754. The maximum absolute atomic E-state index is 12.9. The van der Waals surface area contributed by atoms with Crippen molar-refractivity contribution in [3.63, 3.8) is 0 Å². The summed E-state index contributed by atoms with van der Waals surface area (Å²) in [6.07, 6.45) is 7.28. The van der Waals surface area contributed by atoms with Gasteiger partial charge in [-0.15, -0.1) is 23.1 Å². The van der Waals surface area contributed by atoms with Crippen molar-refractivity contribution in [3.8, 4) is 0 Å². The molecule has 0 radical (unpaired) electrons.